The second-order valence-corrected chi connectivity index (χ2v) is 4.21. The van der Waals surface area contributed by atoms with Crippen molar-refractivity contribution in [3.05, 3.63) is 17.8 Å². The predicted octanol–water partition coefficient (Wildman–Crippen LogP) is 1.41. The Balaban J connectivity index is 2.24. The minimum Gasteiger partial charge on any atom is -0.447 e. The average Bonchev–Trinajstić information content (AvgIpc) is 2.51. The summed E-state index contributed by atoms with van der Waals surface area (Å²) in [6.45, 7) is 9.12. The zero-order valence-corrected chi connectivity index (χ0v) is 10.1. The van der Waals surface area contributed by atoms with Gasteiger partial charge in [-0.3, -0.25) is 4.90 Å². The van der Waals surface area contributed by atoms with Crippen LogP contribution in [0.4, 0.5) is 0 Å². The first-order valence-electron chi connectivity index (χ1n) is 5.40. The Kier molecular flexibility index (Phi) is 4.78. The van der Waals surface area contributed by atoms with E-state index < -0.39 is 0 Å². The standard InChI is InChI=1S/C11H21N3O/c1-9(2)12-5-6-14(4)7-11-10(3)13-8-15-11/h8-9,12H,5-7H2,1-4H3. The molecular formula is C11H21N3O. The Hall–Kier alpha value is -0.870. The molecular weight excluding hydrogens is 190 g/mol. The van der Waals surface area contributed by atoms with Crippen LogP contribution in [-0.4, -0.2) is 36.1 Å². The molecule has 86 valence electrons. The van der Waals surface area contributed by atoms with E-state index in [0.29, 0.717) is 6.04 Å². The molecule has 1 rings (SSSR count). The third kappa shape index (κ3) is 4.44. The van der Waals surface area contributed by atoms with E-state index in [4.69, 9.17) is 4.42 Å². The van der Waals surface area contributed by atoms with E-state index in [1.165, 1.54) is 6.39 Å². The molecule has 0 radical (unpaired) electrons. The van der Waals surface area contributed by atoms with E-state index >= 15 is 0 Å². The lowest BCUT2D eigenvalue weighted by Crippen LogP contribution is -2.32. The Bertz CT molecular complexity index is 283. The van der Waals surface area contributed by atoms with E-state index in [1.54, 1.807) is 0 Å². The van der Waals surface area contributed by atoms with E-state index in [0.717, 1.165) is 31.1 Å². The lowest BCUT2D eigenvalue weighted by atomic mass is 10.3. The minimum absolute atomic E-state index is 0.547. The molecule has 4 nitrogen and oxygen atoms in total. The lowest BCUT2D eigenvalue weighted by molar-refractivity contribution is 0.290. The van der Waals surface area contributed by atoms with Crippen LogP contribution in [0.3, 0.4) is 0 Å². The molecule has 0 aliphatic rings. The van der Waals surface area contributed by atoms with Gasteiger partial charge >= 0.3 is 0 Å². The molecule has 0 atom stereocenters. The molecule has 0 fully saturated rings. The second kappa shape index (κ2) is 5.88. The highest BCUT2D eigenvalue weighted by Crippen LogP contribution is 2.07. The Labute approximate surface area is 91.7 Å². The number of aromatic nitrogens is 1. The molecule has 15 heavy (non-hydrogen) atoms. The molecule has 1 heterocycles. The first-order chi connectivity index (χ1) is 7.09. The summed E-state index contributed by atoms with van der Waals surface area (Å²) in [5.74, 6) is 0.960. The largest absolute Gasteiger partial charge is 0.447 e. The first kappa shape index (κ1) is 12.2. The van der Waals surface area contributed by atoms with Gasteiger partial charge in [0.15, 0.2) is 6.39 Å². The van der Waals surface area contributed by atoms with E-state index in [1.807, 2.05) is 6.92 Å². The van der Waals surface area contributed by atoms with Crippen molar-refractivity contribution >= 4 is 0 Å². The van der Waals surface area contributed by atoms with Crippen molar-refractivity contribution in [1.82, 2.24) is 15.2 Å². The van der Waals surface area contributed by atoms with Gasteiger partial charge in [-0.2, -0.15) is 0 Å². The number of nitrogens with one attached hydrogen (secondary N) is 1. The van der Waals surface area contributed by atoms with E-state index in [2.05, 4.69) is 36.1 Å². The maximum Gasteiger partial charge on any atom is 0.181 e. The molecule has 0 aliphatic carbocycles. The van der Waals surface area contributed by atoms with E-state index in [-0.39, 0.29) is 0 Å². The van der Waals surface area contributed by atoms with Crippen LogP contribution >= 0.6 is 0 Å². The van der Waals surface area contributed by atoms with Crippen molar-refractivity contribution < 1.29 is 4.42 Å². The topological polar surface area (TPSA) is 41.3 Å². The van der Waals surface area contributed by atoms with Crippen molar-refractivity contribution in [3.8, 4) is 0 Å². The van der Waals surface area contributed by atoms with Crippen LogP contribution in [0.2, 0.25) is 0 Å². The third-order valence-corrected chi connectivity index (χ3v) is 2.30. The first-order valence-corrected chi connectivity index (χ1v) is 5.40. The lowest BCUT2D eigenvalue weighted by Gasteiger charge is -2.16. The van der Waals surface area contributed by atoms with Crippen LogP contribution in [0.15, 0.2) is 10.8 Å². The summed E-state index contributed by atoms with van der Waals surface area (Å²) >= 11 is 0. The van der Waals surface area contributed by atoms with Crippen molar-refractivity contribution in [1.29, 1.82) is 0 Å². The fraction of sp³-hybridized carbons (Fsp3) is 0.727. The summed E-state index contributed by atoms with van der Waals surface area (Å²) < 4.78 is 5.29. The van der Waals surface area contributed by atoms with Gasteiger partial charge in [0, 0.05) is 19.1 Å². The van der Waals surface area contributed by atoms with Crippen molar-refractivity contribution in [2.45, 2.75) is 33.4 Å². The number of oxazole rings is 1. The van der Waals surface area contributed by atoms with Crippen LogP contribution in [0.1, 0.15) is 25.3 Å². The van der Waals surface area contributed by atoms with Gasteiger partial charge in [-0.25, -0.2) is 4.98 Å². The average molecular weight is 211 g/mol. The number of likely N-dealkylation sites (N-methyl/N-ethyl adjacent to an activating group) is 1. The summed E-state index contributed by atoms with van der Waals surface area (Å²) in [6, 6.07) is 0.547. The molecule has 0 spiro atoms. The fourth-order valence-corrected chi connectivity index (χ4v) is 1.35. The molecule has 0 bridgehead atoms. The molecule has 0 saturated heterocycles. The SMILES string of the molecule is Cc1ncoc1CN(C)CCNC(C)C. The minimum atomic E-state index is 0.547. The maximum atomic E-state index is 5.29. The summed E-state index contributed by atoms with van der Waals surface area (Å²) in [4.78, 5) is 6.29. The van der Waals surface area contributed by atoms with Crippen LogP contribution < -0.4 is 5.32 Å². The Morgan fingerprint density at radius 2 is 2.27 bits per heavy atom. The molecule has 0 amide bonds. The Morgan fingerprint density at radius 3 is 2.80 bits per heavy atom. The molecule has 0 unspecified atom stereocenters. The van der Waals surface area contributed by atoms with Crippen molar-refractivity contribution in [2.75, 3.05) is 20.1 Å². The van der Waals surface area contributed by atoms with Gasteiger partial charge in [-0.15, -0.1) is 0 Å². The normalized spacial score (nSPS) is 11.6. The van der Waals surface area contributed by atoms with Gasteiger partial charge in [0.05, 0.1) is 12.2 Å². The molecule has 1 aromatic rings. The number of aryl methyl sites for hydroxylation is 1. The van der Waals surface area contributed by atoms with E-state index in [9.17, 15) is 0 Å². The van der Waals surface area contributed by atoms with Crippen LogP contribution in [0, 0.1) is 6.92 Å². The maximum absolute atomic E-state index is 5.29. The van der Waals surface area contributed by atoms with Gasteiger partial charge in [0.25, 0.3) is 0 Å². The quantitative estimate of drug-likeness (QED) is 0.772. The van der Waals surface area contributed by atoms with Crippen LogP contribution in [0.25, 0.3) is 0 Å². The smallest absolute Gasteiger partial charge is 0.181 e. The monoisotopic (exact) mass is 211 g/mol. The zero-order valence-electron chi connectivity index (χ0n) is 10.1. The fourth-order valence-electron chi connectivity index (χ4n) is 1.35. The molecule has 0 aromatic carbocycles. The highest BCUT2D eigenvalue weighted by atomic mass is 16.3. The summed E-state index contributed by atoms with van der Waals surface area (Å²) in [5.41, 5.74) is 0.985. The highest BCUT2D eigenvalue weighted by Gasteiger charge is 2.06. The molecule has 1 aromatic heterocycles. The molecule has 4 heteroatoms. The third-order valence-electron chi connectivity index (χ3n) is 2.30. The molecule has 0 aliphatic heterocycles. The number of hydrogen-bond acceptors (Lipinski definition) is 4. The van der Waals surface area contributed by atoms with Gasteiger partial charge in [-0.05, 0) is 14.0 Å². The Morgan fingerprint density at radius 1 is 1.53 bits per heavy atom. The summed E-state index contributed by atoms with van der Waals surface area (Å²) in [7, 11) is 2.09. The van der Waals surface area contributed by atoms with Crippen LogP contribution in [0.5, 0.6) is 0 Å². The number of rotatable bonds is 6. The van der Waals surface area contributed by atoms with Gasteiger partial charge in [0.1, 0.15) is 5.76 Å². The number of hydrogen-bond donors (Lipinski definition) is 1. The number of nitrogens with zero attached hydrogens (tertiary/aromatic N) is 2. The molecule has 0 saturated carbocycles. The van der Waals surface area contributed by atoms with Crippen LogP contribution in [-0.2, 0) is 6.54 Å². The van der Waals surface area contributed by atoms with Gasteiger partial charge in [-0.1, -0.05) is 13.8 Å². The van der Waals surface area contributed by atoms with Crippen molar-refractivity contribution in [3.63, 3.8) is 0 Å². The summed E-state index contributed by atoms with van der Waals surface area (Å²) in [5, 5.41) is 3.38. The highest BCUT2D eigenvalue weighted by molar-refractivity contribution is 5.03. The molecule has 1 N–H and O–H groups in total. The summed E-state index contributed by atoms with van der Waals surface area (Å²) in [6.07, 6.45) is 1.50. The second-order valence-electron chi connectivity index (χ2n) is 4.21. The van der Waals surface area contributed by atoms with Crippen molar-refractivity contribution in [2.24, 2.45) is 0 Å². The van der Waals surface area contributed by atoms with Gasteiger partial charge < -0.3 is 9.73 Å². The van der Waals surface area contributed by atoms with Gasteiger partial charge in [0.2, 0.25) is 0 Å². The zero-order chi connectivity index (χ0) is 11.3. The predicted molar refractivity (Wildman–Crippen MR) is 60.7 cm³/mol.